The van der Waals surface area contributed by atoms with Crippen molar-refractivity contribution in [3.05, 3.63) is 38.9 Å². The number of thiophene rings is 2. The van der Waals surface area contributed by atoms with E-state index >= 15 is 0 Å². The molecular weight excluding hydrogens is 324 g/mol. The molecule has 2 heterocycles. The molecule has 1 aliphatic carbocycles. The monoisotopic (exact) mass is 342 g/mol. The van der Waals surface area contributed by atoms with Gasteiger partial charge in [0.2, 0.25) is 0 Å². The van der Waals surface area contributed by atoms with Gasteiger partial charge in [0.05, 0.1) is 0 Å². The number of fused-ring (bicyclic) bond motifs is 1. The van der Waals surface area contributed by atoms with Crippen LogP contribution in [0.2, 0.25) is 0 Å². The first-order valence-electron chi connectivity index (χ1n) is 6.97. The van der Waals surface area contributed by atoms with Gasteiger partial charge in [-0.3, -0.25) is 0 Å². The minimum atomic E-state index is -3.45. The quantitative estimate of drug-likeness (QED) is 0.877. The van der Waals surface area contributed by atoms with Gasteiger partial charge in [0, 0.05) is 15.8 Å². The van der Waals surface area contributed by atoms with Crippen molar-refractivity contribution in [1.82, 2.24) is 4.72 Å². The lowest BCUT2D eigenvalue weighted by Crippen LogP contribution is -2.30. The van der Waals surface area contributed by atoms with E-state index in [1.54, 1.807) is 17.4 Å². The Morgan fingerprint density at radius 1 is 1.33 bits per heavy atom. The molecule has 7 heteroatoms. The van der Waals surface area contributed by atoms with Gasteiger partial charge in [0.15, 0.2) is 0 Å². The normalized spacial score (nSPS) is 18.6. The second-order valence-electron chi connectivity index (χ2n) is 5.12. The molecule has 3 N–H and O–H groups in total. The lowest BCUT2D eigenvalue weighted by atomic mass is 9.95. The minimum absolute atomic E-state index is 0.0925. The molecule has 1 aliphatic rings. The Kier molecular flexibility index (Phi) is 4.46. The van der Waals surface area contributed by atoms with E-state index in [2.05, 4.69) is 4.72 Å². The van der Waals surface area contributed by atoms with Gasteiger partial charge in [0.25, 0.3) is 10.0 Å². The first kappa shape index (κ1) is 15.2. The number of sulfonamides is 1. The number of hydrogen-bond acceptors (Lipinski definition) is 5. The second-order valence-corrected chi connectivity index (χ2v) is 9.23. The molecule has 1 unspecified atom stereocenters. The van der Waals surface area contributed by atoms with Crippen LogP contribution >= 0.6 is 22.7 Å². The molecule has 0 spiro atoms. The molecule has 1 atom stereocenters. The molecular formula is C14H18N2O2S3. The summed E-state index contributed by atoms with van der Waals surface area (Å²) in [5.41, 5.74) is 6.66. The van der Waals surface area contributed by atoms with Crippen molar-refractivity contribution in [3.8, 4) is 0 Å². The lowest BCUT2D eigenvalue weighted by molar-refractivity contribution is 0.512. The predicted molar refractivity (Wildman–Crippen MR) is 87.4 cm³/mol. The van der Waals surface area contributed by atoms with Crippen molar-refractivity contribution in [3.63, 3.8) is 0 Å². The molecule has 21 heavy (non-hydrogen) atoms. The van der Waals surface area contributed by atoms with Gasteiger partial charge in [-0.05, 0) is 61.4 Å². The van der Waals surface area contributed by atoms with E-state index in [9.17, 15) is 8.42 Å². The summed E-state index contributed by atoms with van der Waals surface area (Å²) in [4.78, 5) is 2.32. The zero-order valence-corrected chi connectivity index (χ0v) is 14.0. The molecule has 3 rings (SSSR count). The first-order valence-corrected chi connectivity index (χ1v) is 10.2. The van der Waals surface area contributed by atoms with E-state index in [1.807, 2.05) is 17.5 Å². The Labute approximate surface area is 133 Å². The Morgan fingerprint density at radius 3 is 3.00 bits per heavy atom. The highest BCUT2D eigenvalue weighted by Gasteiger charge is 2.27. The first-order chi connectivity index (χ1) is 10.1. The molecule has 0 radical (unpaired) electrons. The van der Waals surface area contributed by atoms with Crippen molar-refractivity contribution < 1.29 is 8.42 Å². The molecule has 0 fully saturated rings. The second kappa shape index (κ2) is 6.18. The summed E-state index contributed by atoms with van der Waals surface area (Å²) in [7, 11) is -3.45. The summed E-state index contributed by atoms with van der Waals surface area (Å²) in [6, 6.07) is 5.48. The maximum atomic E-state index is 12.5. The number of hydrogen-bond donors (Lipinski definition) is 2. The van der Waals surface area contributed by atoms with Crippen LogP contribution in [0.4, 0.5) is 0 Å². The van der Waals surface area contributed by atoms with E-state index in [-0.39, 0.29) is 6.04 Å². The summed E-state index contributed by atoms with van der Waals surface area (Å²) in [6.07, 6.45) is 3.68. The van der Waals surface area contributed by atoms with E-state index in [4.69, 9.17) is 5.73 Å². The standard InChI is InChI=1S/C14H18N2O2S3/c15-8-6-10-4-5-14(20-10)21(17,18)16-12-2-1-3-13-11(12)7-9-19-13/h4-5,7,9,12,16H,1-3,6,8,15H2. The molecule has 0 aliphatic heterocycles. The van der Waals surface area contributed by atoms with Gasteiger partial charge >= 0.3 is 0 Å². The number of aryl methyl sites for hydroxylation is 1. The van der Waals surface area contributed by atoms with Crippen molar-refractivity contribution >= 4 is 32.7 Å². The summed E-state index contributed by atoms with van der Waals surface area (Å²) in [5.74, 6) is 0. The number of nitrogens with two attached hydrogens (primary N) is 1. The third-order valence-electron chi connectivity index (χ3n) is 3.64. The average molecular weight is 343 g/mol. The molecule has 0 aromatic carbocycles. The maximum Gasteiger partial charge on any atom is 0.250 e. The fourth-order valence-corrected chi connectivity index (χ4v) is 6.26. The van der Waals surface area contributed by atoms with Crippen molar-refractivity contribution in [2.24, 2.45) is 5.73 Å². The lowest BCUT2D eigenvalue weighted by Gasteiger charge is -2.23. The largest absolute Gasteiger partial charge is 0.330 e. The highest BCUT2D eigenvalue weighted by Crippen LogP contribution is 2.34. The fourth-order valence-electron chi connectivity index (χ4n) is 2.63. The Balaban J connectivity index is 1.80. The highest BCUT2D eigenvalue weighted by atomic mass is 32.2. The molecule has 0 saturated heterocycles. The topological polar surface area (TPSA) is 72.2 Å². The van der Waals surface area contributed by atoms with Crippen LogP contribution in [0.1, 0.15) is 34.2 Å². The SMILES string of the molecule is NCCc1ccc(S(=O)(=O)NC2CCCc3sccc32)s1. The molecule has 0 amide bonds. The smallest absolute Gasteiger partial charge is 0.250 e. The summed E-state index contributed by atoms with van der Waals surface area (Å²) >= 11 is 3.02. The van der Waals surface area contributed by atoms with Gasteiger partial charge in [-0.25, -0.2) is 13.1 Å². The number of rotatable bonds is 5. The van der Waals surface area contributed by atoms with Gasteiger partial charge in [-0.2, -0.15) is 0 Å². The third kappa shape index (κ3) is 3.22. The number of nitrogens with one attached hydrogen (secondary N) is 1. The molecule has 2 aromatic heterocycles. The Morgan fingerprint density at radius 2 is 2.19 bits per heavy atom. The predicted octanol–water partition coefficient (Wildman–Crippen LogP) is 2.67. The van der Waals surface area contributed by atoms with E-state index in [1.165, 1.54) is 16.2 Å². The van der Waals surface area contributed by atoms with Crippen LogP contribution in [0.25, 0.3) is 0 Å². The molecule has 114 valence electrons. The van der Waals surface area contributed by atoms with Crippen LogP contribution in [-0.4, -0.2) is 15.0 Å². The van der Waals surface area contributed by atoms with Crippen LogP contribution in [0, 0.1) is 0 Å². The van der Waals surface area contributed by atoms with Crippen molar-refractivity contribution in [2.75, 3.05) is 6.54 Å². The van der Waals surface area contributed by atoms with Crippen LogP contribution in [0.3, 0.4) is 0 Å². The van der Waals surface area contributed by atoms with Crippen LogP contribution in [0.15, 0.2) is 27.8 Å². The van der Waals surface area contributed by atoms with Crippen LogP contribution < -0.4 is 10.5 Å². The summed E-state index contributed by atoms with van der Waals surface area (Å²) in [6.45, 7) is 0.536. The van der Waals surface area contributed by atoms with Gasteiger partial charge < -0.3 is 5.73 Å². The highest BCUT2D eigenvalue weighted by molar-refractivity contribution is 7.91. The zero-order chi connectivity index (χ0) is 14.9. The Bertz CT molecular complexity index is 718. The summed E-state index contributed by atoms with van der Waals surface area (Å²) in [5, 5.41) is 2.04. The summed E-state index contributed by atoms with van der Waals surface area (Å²) < 4.78 is 28.3. The average Bonchev–Trinajstić information content (AvgIpc) is 3.08. The maximum absolute atomic E-state index is 12.5. The Hall–Kier alpha value is -0.730. The molecule has 0 bridgehead atoms. The van der Waals surface area contributed by atoms with E-state index in [0.29, 0.717) is 10.8 Å². The third-order valence-corrected chi connectivity index (χ3v) is 7.75. The van der Waals surface area contributed by atoms with Crippen LogP contribution in [-0.2, 0) is 22.9 Å². The van der Waals surface area contributed by atoms with Gasteiger partial charge in [-0.1, -0.05) is 0 Å². The van der Waals surface area contributed by atoms with Crippen LogP contribution in [0.5, 0.6) is 0 Å². The minimum Gasteiger partial charge on any atom is -0.330 e. The van der Waals surface area contributed by atoms with Crippen molar-refractivity contribution in [2.45, 2.75) is 35.9 Å². The van der Waals surface area contributed by atoms with E-state index < -0.39 is 10.0 Å². The van der Waals surface area contributed by atoms with E-state index in [0.717, 1.165) is 36.1 Å². The zero-order valence-electron chi connectivity index (χ0n) is 11.5. The van der Waals surface area contributed by atoms with Crippen molar-refractivity contribution in [1.29, 1.82) is 0 Å². The molecule has 4 nitrogen and oxygen atoms in total. The molecule has 0 saturated carbocycles. The molecule has 2 aromatic rings. The van der Waals surface area contributed by atoms with Gasteiger partial charge in [0.1, 0.15) is 4.21 Å². The van der Waals surface area contributed by atoms with Gasteiger partial charge in [-0.15, -0.1) is 22.7 Å². The fraction of sp³-hybridized carbons (Fsp3) is 0.429.